The molecule has 0 bridgehead atoms. The van der Waals surface area contributed by atoms with Gasteiger partial charge in [-0.1, -0.05) is 6.08 Å². The Morgan fingerprint density at radius 3 is 2.58 bits per heavy atom. The summed E-state index contributed by atoms with van der Waals surface area (Å²) in [5, 5.41) is 0. The highest BCUT2D eigenvalue weighted by molar-refractivity contribution is 6.63. The summed E-state index contributed by atoms with van der Waals surface area (Å²) >= 11 is 0. The first kappa shape index (κ1) is 15.2. The fourth-order valence-electron chi connectivity index (χ4n) is 1.69. The van der Waals surface area contributed by atoms with Crippen LogP contribution >= 0.6 is 0 Å². The maximum atomic E-state index is 12.1. The van der Waals surface area contributed by atoms with Crippen LogP contribution in [0.5, 0.6) is 0 Å². The van der Waals surface area contributed by atoms with Gasteiger partial charge < -0.3 is 19.7 Å². The molecule has 0 saturated carbocycles. The van der Waals surface area contributed by atoms with E-state index in [4.69, 9.17) is 15.0 Å². The predicted molar refractivity (Wildman–Crippen MR) is 64.3 cm³/mol. The van der Waals surface area contributed by atoms with Gasteiger partial charge in [-0.2, -0.15) is 4.79 Å². The van der Waals surface area contributed by atoms with Crippen molar-refractivity contribution in [2.75, 3.05) is 6.61 Å². The van der Waals surface area contributed by atoms with E-state index in [1.54, 1.807) is 20.8 Å². The van der Waals surface area contributed by atoms with Crippen molar-refractivity contribution in [1.82, 2.24) is 0 Å². The van der Waals surface area contributed by atoms with Crippen LogP contribution in [0.15, 0.2) is 12.7 Å². The number of nitrogens with zero attached hydrogens (tertiary/aromatic N) is 2. The molecule has 0 aliphatic carbocycles. The number of carbonyl (C=O) groups is 2. The zero-order valence-electron chi connectivity index (χ0n) is 11.1. The molecule has 1 aliphatic heterocycles. The Balaban J connectivity index is 2.96. The second kappa shape index (κ2) is 5.88. The van der Waals surface area contributed by atoms with Crippen LogP contribution in [0, 0.1) is 0 Å². The highest BCUT2D eigenvalue weighted by Gasteiger charge is 2.49. The fraction of sp³-hybridized carbons (Fsp3) is 0.583. The van der Waals surface area contributed by atoms with E-state index < -0.39 is 35.5 Å². The Morgan fingerprint density at radius 1 is 1.47 bits per heavy atom. The normalized spacial score (nSPS) is 24.4. The van der Waals surface area contributed by atoms with Crippen LogP contribution in [0.25, 0.3) is 5.53 Å². The van der Waals surface area contributed by atoms with Crippen LogP contribution in [0.4, 0.5) is 0 Å². The van der Waals surface area contributed by atoms with Gasteiger partial charge in [-0.3, -0.25) is 4.79 Å². The molecule has 1 aliphatic rings. The number of hydrogen-bond donors (Lipinski definition) is 0. The summed E-state index contributed by atoms with van der Waals surface area (Å²) in [4.78, 5) is 26.3. The van der Waals surface area contributed by atoms with Gasteiger partial charge in [-0.05, 0) is 20.8 Å². The molecule has 1 fully saturated rings. The molecule has 2 atom stereocenters. The molecule has 0 amide bonds. The Bertz CT molecular complexity index is 451. The minimum Gasteiger partial charge on any atom is -0.457 e. The van der Waals surface area contributed by atoms with Crippen molar-refractivity contribution >= 4 is 17.5 Å². The van der Waals surface area contributed by atoms with Crippen molar-refractivity contribution in [3.63, 3.8) is 0 Å². The Kier molecular flexibility index (Phi) is 4.72. The van der Waals surface area contributed by atoms with E-state index in [0.29, 0.717) is 0 Å². The fourth-order valence-corrected chi connectivity index (χ4v) is 1.69. The molecule has 1 saturated heterocycles. The zero-order valence-corrected chi connectivity index (χ0v) is 11.1. The topological polar surface area (TPSA) is 98.2 Å². The van der Waals surface area contributed by atoms with E-state index in [2.05, 4.69) is 16.1 Å². The molecule has 0 radical (unpaired) electrons. The number of rotatable bonds is 5. The van der Waals surface area contributed by atoms with E-state index in [9.17, 15) is 9.59 Å². The molecule has 104 valence electrons. The van der Waals surface area contributed by atoms with Gasteiger partial charge in [0.15, 0.2) is 11.9 Å². The predicted octanol–water partition coefficient (Wildman–Crippen LogP) is 0.495. The smallest absolute Gasteiger partial charge is 0.444 e. The third kappa shape index (κ3) is 3.35. The van der Waals surface area contributed by atoms with Crippen molar-refractivity contribution in [3.05, 3.63) is 18.2 Å². The second-order valence-corrected chi connectivity index (χ2v) is 4.29. The molecular weight excluding hydrogens is 252 g/mol. The van der Waals surface area contributed by atoms with Gasteiger partial charge in [0.1, 0.15) is 6.10 Å². The van der Waals surface area contributed by atoms with Gasteiger partial charge in [0.05, 0.1) is 6.61 Å². The highest BCUT2D eigenvalue weighted by Crippen LogP contribution is 2.29. The Labute approximate surface area is 110 Å². The first-order valence-electron chi connectivity index (χ1n) is 5.78. The highest BCUT2D eigenvalue weighted by atomic mass is 16.8. The van der Waals surface area contributed by atoms with Crippen molar-refractivity contribution < 1.29 is 28.6 Å². The van der Waals surface area contributed by atoms with E-state index in [1.165, 1.54) is 6.08 Å². The van der Waals surface area contributed by atoms with Crippen LogP contribution < -0.4 is 0 Å². The number of ether oxygens (including phenoxy) is 3. The van der Waals surface area contributed by atoms with Crippen LogP contribution in [-0.4, -0.2) is 46.9 Å². The molecule has 7 heteroatoms. The molecule has 1 rings (SSSR count). The van der Waals surface area contributed by atoms with E-state index in [0.717, 1.165) is 0 Å². The number of carbonyl (C=O) groups excluding carboxylic acids is 2. The largest absolute Gasteiger partial charge is 0.457 e. The average Bonchev–Trinajstić information content (AvgIpc) is 2.65. The lowest BCUT2D eigenvalue weighted by atomic mass is 10.1. The summed E-state index contributed by atoms with van der Waals surface area (Å²) in [5.41, 5.74) is 8.06. The lowest BCUT2D eigenvalue weighted by Crippen LogP contribution is -2.40. The number of Topliss-reactive ketones (excluding diaryl/α,β-unsaturated/α-hetero) is 1. The summed E-state index contributed by atoms with van der Waals surface area (Å²) in [7, 11) is 0. The molecular formula is C12H16N2O5. The van der Waals surface area contributed by atoms with Crippen molar-refractivity contribution in [1.29, 1.82) is 0 Å². The first-order chi connectivity index (χ1) is 8.86. The third-order valence-corrected chi connectivity index (χ3v) is 2.42. The monoisotopic (exact) mass is 268 g/mol. The Morgan fingerprint density at radius 2 is 2.11 bits per heavy atom. The van der Waals surface area contributed by atoms with Crippen LogP contribution in [0.3, 0.4) is 0 Å². The minimum absolute atomic E-state index is 0.0591. The van der Waals surface area contributed by atoms with Crippen LogP contribution in [-0.2, 0) is 23.8 Å². The van der Waals surface area contributed by atoms with Gasteiger partial charge in [0.2, 0.25) is 0 Å². The van der Waals surface area contributed by atoms with E-state index in [1.807, 2.05) is 0 Å². The maximum Gasteiger partial charge on any atom is 0.444 e. The van der Waals surface area contributed by atoms with Crippen molar-refractivity contribution in [3.8, 4) is 0 Å². The van der Waals surface area contributed by atoms with Gasteiger partial charge in [-0.15, -0.1) is 6.58 Å². The quantitative estimate of drug-likeness (QED) is 0.180. The molecule has 1 heterocycles. The summed E-state index contributed by atoms with van der Waals surface area (Å²) in [6, 6.07) is 0. The number of esters is 1. The lowest BCUT2D eigenvalue weighted by molar-refractivity contribution is -0.154. The zero-order chi connectivity index (χ0) is 14.6. The van der Waals surface area contributed by atoms with Gasteiger partial charge in [0, 0.05) is 0 Å². The van der Waals surface area contributed by atoms with Crippen LogP contribution in [0.2, 0.25) is 0 Å². The second-order valence-electron chi connectivity index (χ2n) is 4.29. The van der Waals surface area contributed by atoms with Gasteiger partial charge in [0.25, 0.3) is 5.78 Å². The molecule has 0 aromatic carbocycles. The molecule has 7 nitrogen and oxygen atoms in total. The molecule has 0 unspecified atom stereocenters. The van der Waals surface area contributed by atoms with E-state index in [-0.39, 0.29) is 6.61 Å². The summed E-state index contributed by atoms with van der Waals surface area (Å²) in [6.45, 7) is 8.41. The SMILES string of the molecule is C=C[C@@H]1OC(C)(C)O[C@@H]1C(=O)C(=[N+]=[N-])C(=O)OCC. The summed E-state index contributed by atoms with van der Waals surface area (Å²) in [5.74, 6) is -2.81. The summed E-state index contributed by atoms with van der Waals surface area (Å²) < 4.78 is 15.4. The van der Waals surface area contributed by atoms with Crippen LogP contribution in [0.1, 0.15) is 20.8 Å². The third-order valence-electron chi connectivity index (χ3n) is 2.42. The molecule has 0 aromatic rings. The van der Waals surface area contributed by atoms with Crippen molar-refractivity contribution in [2.45, 2.75) is 38.8 Å². The van der Waals surface area contributed by atoms with Gasteiger partial charge >= 0.3 is 11.7 Å². The van der Waals surface area contributed by atoms with Gasteiger partial charge in [-0.25, -0.2) is 4.79 Å². The average molecular weight is 268 g/mol. The molecule has 19 heavy (non-hydrogen) atoms. The standard InChI is InChI=1S/C12H16N2O5/c1-5-7-10(19-12(3,4)18-7)9(15)8(14-13)11(16)17-6-2/h5,7,10H,1,6H2,2-4H3/t7-,10-/m0/s1. The first-order valence-corrected chi connectivity index (χ1v) is 5.78. The number of hydrogen-bond acceptors (Lipinski definition) is 5. The molecule has 0 N–H and O–H groups in total. The summed E-state index contributed by atoms with van der Waals surface area (Å²) in [6.07, 6.45) is -0.436. The number of ketones is 1. The molecule has 0 spiro atoms. The molecule has 0 aromatic heterocycles. The maximum absolute atomic E-state index is 12.1. The lowest BCUT2D eigenvalue weighted by Gasteiger charge is -2.15. The van der Waals surface area contributed by atoms with E-state index >= 15 is 0 Å². The Hall–Kier alpha value is -1.82. The minimum atomic E-state index is -1.09. The van der Waals surface area contributed by atoms with Crippen molar-refractivity contribution in [2.24, 2.45) is 0 Å².